The van der Waals surface area contributed by atoms with Crippen LogP contribution in [-0.4, -0.2) is 47.0 Å². The Morgan fingerprint density at radius 2 is 1.87 bits per heavy atom. The Morgan fingerprint density at radius 3 is 2.60 bits per heavy atom. The number of carbonyl (C=O) groups excluding carboxylic acids is 1. The van der Waals surface area contributed by atoms with Gasteiger partial charge in [0.15, 0.2) is 17.2 Å². The molecule has 1 aliphatic heterocycles. The summed E-state index contributed by atoms with van der Waals surface area (Å²) in [6.45, 7) is 2.56. The molecule has 1 amide bonds. The highest BCUT2D eigenvalue weighted by Gasteiger charge is 2.22. The number of aromatic nitrogens is 2. The normalized spacial score (nSPS) is 12.5. The van der Waals surface area contributed by atoms with Crippen molar-refractivity contribution in [1.82, 2.24) is 9.78 Å². The number of hydrogen-bond donors (Lipinski definition) is 1. The monoisotopic (exact) mass is 427 g/mol. The van der Waals surface area contributed by atoms with Crippen molar-refractivity contribution in [2.45, 2.75) is 6.92 Å². The molecule has 1 aliphatic rings. The van der Waals surface area contributed by atoms with Crippen LogP contribution in [0.5, 0.6) is 11.5 Å². The van der Waals surface area contributed by atoms with Crippen LogP contribution in [0.4, 0.5) is 5.69 Å². The first-order chi connectivity index (χ1) is 14.4. The molecule has 2 aromatic carbocycles. The van der Waals surface area contributed by atoms with Crippen molar-refractivity contribution in [3.63, 3.8) is 0 Å². The van der Waals surface area contributed by atoms with E-state index in [-0.39, 0.29) is 16.6 Å². The molecule has 0 bridgehead atoms. The standard InChI is InChI=1S/C21H18ClN3O5/c1-12-18(22)19(21(27)28)25(23-12)15-5-3-4-13(10-15)20(26)24(2)14-6-7-16-17(11-14)30-9-8-29-16/h3-7,10-11H,8-9H2,1-2H3,(H,27,28). The van der Waals surface area contributed by atoms with Crippen LogP contribution < -0.4 is 14.4 Å². The Hall–Kier alpha value is -3.52. The number of hydrogen-bond acceptors (Lipinski definition) is 5. The van der Waals surface area contributed by atoms with E-state index >= 15 is 0 Å². The summed E-state index contributed by atoms with van der Waals surface area (Å²) in [4.78, 5) is 26.2. The van der Waals surface area contributed by atoms with Crippen molar-refractivity contribution in [3.05, 3.63) is 64.4 Å². The molecular formula is C21H18ClN3O5. The lowest BCUT2D eigenvalue weighted by Crippen LogP contribution is -2.26. The van der Waals surface area contributed by atoms with Gasteiger partial charge >= 0.3 is 5.97 Å². The number of benzene rings is 2. The fourth-order valence-corrected chi connectivity index (χ4v) is 3.40. The Bertz CT molecular complexity index is 1160. The number of carbonyl (C=O) groups is 2. The van der Waals surface area contributed by atoms with E-state index in [2.05, 4.69) is 5.10 Å². The minimum Gasteiger partial charge on any atom is -0.486 e. The quantitative estimate of drug-likeness (QED) is 0.684. The van der Waals surface area contributed by atoms with Gasteiger partial charge in [-0.2, -0.15) is 5.10 Å². The van der Waals surface area contributed by atoms with Crippen molar-refractivity contribution in [1.29, 1.82) is 0 Å². The van der Waals surface area contributed by atoms with Gasteiger partial charge in [-0.15, -0.1) is 0 Å². The lowest BCUT2D eigenvalue weighted by atomic mass is 10.1. The Labute approximate surface area is 177 Å². The van der Waals surface area contributed by atoms with Crippen LogP contribution in [-0.2, 0) is 0 Å². The Kier molecular flexibility index (Phi) is 5.09. The maximum atomic E-state index is 13.1. The van der Waals surface area contributed by atoms with Gasteiger partial charge in [0.25, 0.3) is 5.91 Å². The third kappa shape index (κ3) is 3.46. The third-order valence-electron chi connectivity index (χ3n) is 4.75. The number of carboxylic acids is 1. The summed E-state index contributed by atoms with van der Waals surface area (Å²) >= 11 is 6.09. The molecule has 154 valence electrons. The maximum absolute atomic E-state index is 13.1. The average Bonchev–Trinajstić information content (AvgIpc) is 3.07. The fraction of sp³-hybridized carbons (Fsp3) is 0.190. The highest BCUT2D eigenvalue weighted by molar-refractivity contribution is 6.34. The summed E-state index contributed by atoms with van der Waals surface area (Å²) in [5.74, 6) is -0.258. The van der Waals surface area contributed by atoms with Crippen molar-refractivity contribution in [2.24, 2.45) is 0 Å². The fourth-order valence-electron chi connectivity index (χ4n) is 3.20. The molecule has 0 atom stereocenters. The second kappa shape index (κ2) is 7.72. The zero-order valence-corrected chi connectivity index (χ0v) is 17.0. The Balaban J connectivity index is 1.67. The lowest BCUT2D eigenvalue weighted by Gasteiger charge is -2.22. The largest absolute Gasteiger partial charge is 0.486 e. The first-order valence-electron chi connectivity index (χ1n) is 9.13. The number of fused-ring (bicyclic) bond motifs is 1. The first kappa shape index (κ1) is 19.8. The third-order valence-corrected chi connectivity index (χ3v) is 5.20. The molecule has 9 heteroatoms. The molecule has 0 radical (unpaired) electrons. The van der Waals surface area contributed by atoms with Gasteiger partial charge in [0, 0.05) is 24.4 Å². The lowest BCUT2D eigenvalue weighted by molar-refractivity contribution is 0.0687. The van der Waals surface area contributed by atoms with E-state index in [0.717, 1.165) is 0 Å². The van der Waals surface area contributed by atoms with Gasteiger partial charge in [0.1, 0.15) is 13.2 Å². The predicted molar refractivity (Wildman–Crippen MR) is 110 cm³/mol. The van der Waals surface area contributed by atoms with Crippen LogP contribution in [0.1, 0.15) is 26.5 Å². The average molecular weight is 428 g/mol. The number of halogens is 1. The summed E-state index contributed by atoms with van der Waals surface area (Å²) in [5.41, 5.74) is 1.66. The second-order valence-corrected chi connectivity index (χ2v) is 7.09. The van der Waals surface area contributed by atoms with E-state index in [0.29, 0.717) is 47.3 Å². The van der Waals surface area contributed by atoms with Crippen molar-refractivity contribution < 1.29 is 24.2 Å². The summed E-state index contributed by atoms with van der Waals surface area (Å²) in [5, 5.41) is 13.8. The van der Waals surface area contributed by atoms with E-state index in [9.17, 15) is 14.7 Å². The van der Waals surface area contributed by atoms with Gasteiger partial charge in [-0.1, -0.05) is 17.7 Å². The maximum Gasteiger partial charge on any atom is 0.356 e. The highest BCUT2D eigenvalue weighted by Crippen LogP contribution is 2.34. The minimum absolute atomic E-state index is 0.0626. The molecule has 3 aromatic rings. The van der Waals surface area contributed by atoms with Gasteiger partial charge in [-0.05, 0) is 37.3 Å². The van der Waals surface area contributed by atoms with Gasteiger partial charge in [-0.25, -0.2) is 9.48 Å². The summed E-state index contributed by atoms with van der Waals surface area (Å²) in [6.07, 6.45) is 0. The number of anilines is 1. The van der Waals surface area contributed by atoms with Crippen LogP contribution in [0.25, 0.3) is 5.69 Å². The van der Waals surface area contributed by atoms with E-state index < -0.39 is 5.97 Å². The molecular weight excluding hydrogens is 410 g/mol. The molecule has 30 heavy (non-hydrogen) atoms. The Morgan fingerprint density at radius 1 is 1.13 bits per heavy atom. The number of ether oxygens (including phenoxy) is 2. The van der Waals surface area contributed by atoms with E-state index in [1.165, 1.54) is 9.58 Å². The number of aryl methyl sites for hydroxylation is 1. The molecule has 0 unspecified atom stereocenters. The van der Waals surface area contributed by atoms with Crippen LogP contribution in [0.15, 0.2) is 42.5 Å². The van der Waals surface area contributed by atoms with Crippen LogP contribution >= 0.6 is 11.6 Å². The van der Waals surface area contributed by atoms with Crippen LogP contribution in [0, 0.1) is 6.92 Å². The van der Waals surface area contributed by atoms with E-state index in [1.807, 2.05) is 0 Å². The molecule has 0 saturated heterocycles. The molecule has 1 aromatic heterocycles. The molecule has 1 N–H and O–H groups in total. The zero-order valence-electron chi connectivity index (χ0n) is 16.3. The molecule has 0 fully saturated rings. The smallest absolute Gasteiger partial charge is 0.356 e. The topological polar surface area (TPSA) is 93.9 Å². The molecule has 2 heterocycles. The predicted octanol–water partition coefficient (Wildman–Crippen LogP) is 3.58. The SMILES string of the molecule is Cc1nn(-c2cccc(C(=O)N(C)c3ccc4c(c3)OCCO4)c2)c(C(=O)O)c1Cl. The molecule has 0 aliphatic carbocycles. The summed E-state index contributed by atoms with van der Waals surface area (Å²) in [6, 6.07) is 11.8. The number of carboxylic acid groups (broad SMARTS) is 1. The summed E-state index contributed by atoms with van der Waals surface area (Å²) < 4.78 is 12.3. The van der Waals surface area contributed by atoms with Gasteiger partial charge in [0.05, 0.1) is 16.4 Å². The van der Waals surface area contributed by atoms with Crippen LogP contribution in [0.2, 0.25) is 5.02 Å². The molecule has 4 rings (SSSR count). The van der Waals surface area contributed by atoms with E-state index in [1.54, 1.807) is 56.4 Å². The van der Waals surface area contributed by atoms with E-state index in [4.69, 9.17) is 21.1 Å². The van der Waals surface area contributed by atoms with Gasteiger partial charge in [0.2, 0.25) is 0 Å². The minimum atomic E-state index is -1.20. The van der Waals surface area contributed by atoms with Gasteiger partial charge in [-0.3, -0.25) is 4.79 Å². The first-order valence-corrected chi connectivity index (χ1v) is 9.51. The van der Waals surface area contributed by atoms with Gasteiger partial charge < -0.3 is 19.5 Å². The summed E-state index contributed by atoms with van der Waals surface area (Å²) in [7, 11) is 1.65. The number of amides is 1. The van der Waals surface area contributed by atoms with Crippen molar-refractivity contribution in [2.75, 3.05) is 25.2 Å². The molecule has 0 spiro atoms. The second-order valence-electron chi connectivity index (χ2n) is 6.71. The molecule has 8 nitrogen and oxygen atoms in total. The highest BCUT2D eigenvalue weighted by atomic mass is 35.5. The number of nitrogens with zero attached hydrogens (tertiary/aromatic N) is 3. The van der Waals surface area contributed by atoms with Crippen molar-refractivity contribution >= 4 is 29.2 Å². The van der Waals surface area contributed by atoms with Crippen LogP contribution in [0.3, 0.4) is 0 Å². The number of rotatable bonds is 4. The molecule has 0 saturated carbocycles. The van der Waals surface area contributed by atoms with Crippen molar-refractivity contribution in [3.8, 4) is 17.2 Å². The number of aromatic carboxylic acids is 1. The zero-order chi connectivity index (χ0) is 21.4.